The van der Waals surface area contributed by atoms with E-state index in [1.807, 2.05) is 13.8 Å². The SMILES string of the molecule is CCC(C)C(C)C1(CC(C)(CC)NOC(C)=O)OCC(CC)(COC(C)=O)CO1. The molecule has 7 heteroatoms. The molecule has 1 aliphatic heterocycles. The molecule has 0 saturated carbocycles. The molecule has 0 spiro atoms. The third-order valence-corrected chi connectivity index (χ3v) is 6.63. The largest absolute Gasteiger partial charge is 0.465 e. The molecule has 1 saturated heterocycles. The molecule has 7 nitrogen and oxygen atoms in total. The third-order valence-electron chi connectivity index (χ3n) is 6.63. The number of hydroxylamine groups is 1. The summed E-state index contributed by atoms with van der Waals surface area (Å²) in [6.07, 6.45) is 3.05. The van der Waals surface area contributed by atoms with Crippen LogP contribution in [0.2, 0.25) is 0 Å². The highest BCUT2D eigenvalue weighted by molar-refractivity contribution is 5.66. The number of carbonyl (C=O) groups excluding carboxylic acids is 2. The zero-order valence-electron chi connectivity index (χ0n) is 19.6. The summed E-state index contributed by atoms with van der Waals surface area (Å²) in [7, 11) is 0. The number of ether oxygens (including phenoxy) is 3. The van der Waals surface area contributed by atoms with Gasteiger partial charge in [0.15, 0.2) is 5.79 Å². The average molecular weight is 416 g/mol. The fourth-order valence-corrected chi connectivity index (χ4v) is 3.56. The highest BCUT2D eigenvalue weighted by Gasteiger charge is 2.52. The van der Waals surface area contributed by atoms with Crippen LogP contribution in [0.25, 0.3) is 0 Å². The third kappa shape index (κ3) is 6.93. The number of hydrogen-bond donors (Lipinski definition) is 1. The molecule has 0 radical (unpaired) electrons. The zero-order chi connectivity index (χ0) is 22.3. The minimum absolute atomic E-state index is 0.126. The normalized spacial score (nSPS) is 28.8. The predicted octanol–water partition coefficient (Wildman–Crippen LogP) is 4.00. The summed E-state index contributed by atoms with van der Waals surface area (Å²) in [6, 6.07) is 0. The molecule has 1 N–H and O–H groups in total. The molecule has 0 aliphatic carbocycles. The van der Waals surface area contributed by atoms with Gasteiger partial charge < -0.3 is 19.0 Å². The molecule has 0 aromatic carbocycles. The van der Waals surface area contributed by atoms with Crippen molar-refractivity contribution in [3.8, 4) is 0 Å². The minimum atomic E-state index is -0.817. The van der Waals surface area contributed by atoms with Crippen LogP contribution >= 0.6 is 0 Å². The summed E-state index contributed by atoms with van der Waals surface area (Å²) in [4.78, 5) is 27.8. The zero-order valence-corrected chi connectivity index (χ0v) is 19.6. The van der Waals surface area contributed by atoms with Crippen LogP contribution in [-0.4, -0.2) is 43.1 Å². The maximum Gasteiger partial charge on any atom is 0.321 e. The Morgan fingerprint density at radius 3 is 2.10 bits per heavy atom. The van der Waals surface area contributed by atoms with Crippen molar-refractivity contribution in [2.24, 2.45) is 17.3 Å². The summed E-state index contributed by atoms with van der Waals surface area (Å²) in [6.45, 7) is 16.6. The molecular weight excluding hydrogens is 374 g/mol. The van der Waals surface area contributed by atoms with Gasteiger partial charge in [-0.05, 0) is 25.7 Å². The highest BCUT2D eigenvalue weighted by atomic mass is 16.7. The van der Waals surface area contributed by atoms with Crippen LogP contribution in [0.3, 0.4) is 0 Å². The fourth-order valence-electron chi connectivity index (χ4n) is 3.56. The summed E-state index contributed by atoms with van der Waals surface area (Å²) >= 11 is 0. The van der Waals surface area contributed by atoms with E-state index in [1.165, 1.54) is 13.8 Å². The lowest BCUT2D eigenvalue weighted by Crippen LogP contribution is -2.60. The molecule has 3 atom stereocenters. The molecule has 1 fully saturated rings. The fraction of sp³-hybridized carbons (Fsp3) is 0.909. The van der Waals surface area contributed by atoms with Crippen molar-refractivity contribution in [3.63, 3.8) is 0 Å². The molecule has 1 aliphatic rings. The summed E-state index contributed by atoms with van der Waals surface area (Å²) in [5.41, 5.74) is 2.07. The van der Waals surface area contributed by atoms with Crippen molar-refractivity contribution >= 4 is 11.9 Å². The average Bonchev–Trinajstić information content (AvgIpc) is 2.70. The van der Waals surface area contributed by atoms with Gasteiger partial charge >= 0.3 is 11.9 Å². The molecule has 0 bridgehead atoms. The summed E-state index contributed by atoms with van der Waals surface area (Å²) < 4.78 is 18.3. The lowest BCUT2D eigenvalue weighted by molar-refractivity contribution is -0.343. The van der Waals surface area contributed by atoms with Crippen molar-refractivity contribution in [1.82, 2.24) is 5.48 Å². The second-order valence-corrected chi connectivity index (χ2v) is 8.98. The van der Waals surface area contributed by atoms with Crippen LogP contribution in [0.5, 0.6) is 0 Å². The number of nitrogens with one attached hydrogen (secondary N) is 1. The van der Waals surface area contributed by atoms with Gasteiger partial charge in [-0.2, -0.15) is 0 Å². The van der Waals surface area contributed by atoms with Gasteiger partial charge in [-0.25, -0.2) is 0 Å². The Morgan fingerprint density at radius 2 is 1.69 bits per heavy atom. The first-order valence-electron chi connectivity index (χ1n) is 10.8. The number of rotatable bonds is 11. The van der Waals surface area contributed by atoms with Crippen LogP contribution in [0.15, 0.2) is 0 Å². The molecule has 29 heavy (non-hydrogen) atoms. The first kappa shape index (κ1) is 25.9. The van der Waals surface area contributed by atoms with Gasteiger partial charge in [0.05, 0.1) is 24.2 Å². The first-order chi connectivity index (χ1) is 13.5. The Labute approximate surface area is 176 Å². The molecule has 0 aromatic heterocycles. The summed E-state index contributed by atoms with van der Waals surface area (Å²) in [5, 5.41) is 0. The highest BCUT2D eigenvalue weighted by Crippen LogP contribution is 2.44. The Hall–Kier alpha value is -1.18. The van der Waals surface area contributed by atoms with Gasteiger partial charge in [0.1, 0.15) is 6.61 Å². The molecule has 1 rings (SSSR count). The Balaban J connectivity index is 3.09. The predicted molar refractivity (Wildman–Crippen MR) is 111 cm³/mol. The van der Waals surface area contributed by atoms with Crippen molar-refractivity contribution in [1.29, 1.82) is 0 Å². The lowest BCUT2D eigenvalue weighted by atomic mass is 9.77. The van der Waals surface area contributed by atoms with Crippen LogP contribution in [0, 0.1) is 17.3 Å². The molecule has 0 aromatic rings. The quantitative estimate of drug-likeness (QED) is 0.403. The smallest absolute Gasteiger partial charge is 0.321 e. The lowest BCUT2D eigenvalue weighted by Gasteiger charge is -2.52. The van der Waals surface area contributed by atoms with Gasteiger partial charge in [0.2, 0.25) is 0 Å². The van der Waals surface area contributed by atoms with E-state index in [0.29, 0.717) is 25.6 Å². The topological polar surface area (TPSA) is 83.1 Å². The van der Waals surface area contributed by atoms with Gasteiger partial charge in [-0.3, -0.25) is 9.59 Å². The maximum atomic E-state index is 11.3. The van der Waals surface area contributed by atoms with Crippen molar-refractivity contribution in [2.75, 3.05) is 19.8 Å². The van der Waals surface area contributed by atoms with Crippen molar-refractivity contribution in [2.45, 2.75) is 92.4 Å². The molecule has 170 valence electrons. The first-order valence-corrected chi connectivity index (χ1v) is 10.8. The molecule has 1 heterocycles. The Kier molecular flexibility index (Phi) is 9.57. The minimum Gasteiger partial charge on any atom is -0.465 e. The van der Waals surface area contributed by atoms with Crippen LogP contribution in [-0.2, 0) is 28.6 Å². The van der Waals surface area contributed by atoms with Crippen LogP contribution in [0.4, 0.5) is 0 Å². The monoisotopic (exact) mass is 415 g/mol. The van der Waals surface area contributed by atoms with E-state index < -0.39 is 11.3 Å². The number of esters is 1. The molecular formula is C22H41NO6. The van der Waals surface area contributed by atoms with Gasteiger partial charge in [-0.1, -0.05) is 41.0 Å². The maximum absolute atomic E-state index is 11.3. The standard InChI is InChI=1S/C22H41NO6/c1-9-16(4)17(5)22(12-20(8,10-2)23-29-19(7)25)27-14-21(11-3,15-28-22)13-26-18(6)24/h16-17,23H,9-15H2,1-8H3. The van der Waals surface area contributed by atoms with Gasteiger partial charge in [-0.15, -0.1) is 5.48 Å². The molecule has 0 amide bonds. The Morgan fingerprint density at radius 1 is 1.10 bits per heavy atom. The van der Waals surface area contributed by atoms with Crippen LogP contribution < -0.4 is 5.48 Å². The number of carbonyl (C=O) groups is 2. The second kappa shape index (κ2) is 10.7. The van der Waals surface area contributed by atoms with E-state index in [-0.39, 0.29) is 29.9 Å². The van der Waals surface area contributed by atoms with E-state index >= 15 is 0 Å². The van der Waals surface area contributed by atoms with Gasteiger partial charge in [0, 0.05) is 26.2 Å². The van der Waals surface area contributed by atoms with E-state index in [9.17, 15) is 9.59 Å². The van der Waals surface area contributed by atoms with Crippen LogP contribution in [0.1, 0.15) is 81.1 Å². The van der Waals surface area contributed by atoms with E-state index in [0.717, 1.165) is 19.3 Å². The van der Waals surface area contributed by atoms with E-state index in [2.05, 4.69) is 33.2 Å². The second-order valence-electron chi connectivity index (χ2n) is 8.98. The Bertz CT molecular complexity index is 543. The van der Waals surface area contributed by atoms with Gasteiger partial charge in [0.25, 0.3) is 0 Å². The molecule has 3 unspecified atom stereocenters. The van der Waals surface area contributed by atoms with Crippen molar-refractivity contribution < 1.29 is 28.6 Å². The summed E-state index contributed by atoms with van der Waals surface area (Å²) in [5.74, 6) is -0.992. The number of hydrogen-bond acceptors (Lipinski definition) is 7. The van der Waals surface area contributed by atoms with E-state index in [4.69, 9.17) is 19.0 Å². The van der Waals surface area contributed by atoms with Crippen molar-refractivity contribution in [3.05, 3.63) is 0 Å². The van der Waals surface area contributed by atoms with E-state index in [1.54, 1.807) is 0 Å².